The van der Waals surface area contributed by atoms with Gasteiger partial charge in [0.15, 0.2) is 0 Å². The van der Waals surface area contributed by atoms with E-state index in [1.54, 1.807) is 26.4 Å². The Morgan fingerprint density at radius 2 is 1.74 bits per heavy atom. The minimum absolute atomic E-state index is 0.446. The Morgan fingerprint density at radius 3 is 2.26 bits per heavy atom. The topological polar surface area (TPSA) is 69.4 Å². The molecule has 0 unspecified atom stereocenters. The number of benzene rings is 1. The molecule has 0 fully saturated rings. The predicted octanol–water partition coefficient (Wildman–Crippen LogP) is 3.08. The quantitative estimate of drug-likeness (QED) is 0.900. The summed E-state index contributed by atoms with van der Waals surface area (Å²) in [6.45, 7) is 0. The summed E-state index contributed by atoms with van der Waals surface area (Å²) in [4.78, 5) is 4.13. The van der Waals surface area contributed by atoms with Crippen LogP contribution in [0.4, 0.5) is 17.2 Å². The highest BCUT2D eigenvalue weighted by Crippen LogP contribution is 2.30. The number of halogens is 1. The predicted molar refractivity (Wildman–Crippen MR) is 76.5 cm³/mol. The van der Waals surface area contributed by atoms with Gasteiger partial charge in [0.05, 0.1) is 31.1 Å². The lowest BCUT2D eigenvalue weighted by molar-refractivity contribution is 0.395. The molecule has 0 aliphatic heterocycles. The van der Waals surface area contributed by atoms with Crippen molar-refractivity contribution in [3.05, 3.63) is 35.5 Å². The summed E-state index contributed by atoms with van der Waals surface area (Å²) < 4.78 is 10.4. The van der Waals surface area contributed by atoms with Crippen molar-refractivity contribution in [1.82, 2.24) is 4.98 Å². The van der Waals surface area contributed by atoms with E-state index in [0.717, 1.165) is 5.69 Å². The fourth-order valence-corrected chi connectivity index (χ4v) is 1.78. The van der Waals surface area contributed by atoms with Crippen molar-refractivity contribution in [2.75, 3.05) is 25.3 Å². The van der Waals surface area contributed by atoms with Gasteiger partial charge in [-0.25, -0.2) is 4.98 Å². The number of aromatic nitrogens is 1. The Kier molecular flexibility index (Phi) is 3.97. The lowest BCUT2D eigenvalue weighted by atomic mass is 10.2. The highest BCUT2D eigenvalue weighted by molar-refractivity contribution is 6.33. The van der Waals surface area contributed by atoms with Gasteiger partial charge in [0.2, 0.25) is 0 Å². The normalized spacial score (nSPS) is 10.1. The number of nitrogen functional groups attached to an aromatic ring is 1. The Hall–Kier alpha value is -2.14. The molecule has 1 aromatic heterocycles. The number of rotatable bonds is 4. The molecule has 19 heavy (non-hydrogen) atoms. The molecule has 2 rings (SSSR count). The van der Waals surface area contributed by atoms with Crippen molar-refractivity contribution < 1.29 is 9.47 Å². The molecule has 0 amide bonds. The second-order valence-corrected chi connectivity index (χ2v) is 4.23. The van der Waals surface area contributed by atoms with E-state index in [4.69, 9.17) is 26.8 Å². The second-order valence-electron chi connectivity index (χ2n) is 3.83. The van der Waals surface area contributed by atoms with E-state index in [0.29, 0.717) is 28.0 Å². The number of ether oxygens (including phenoxy) is 2. The van der Waals surface area contributed by atoms with E-state index in [1.165, 1.54) is 6.20 Å². The van der Waals surface area contributed by atoms with Crippen molar-refractivity contribution >= 4 is 28.8 Å². The molecular weight excluding hydrogens is 266 g/mol. The van der Waals surface area contributed by atoms with Crippen LogP contribution in [0.15, 0.2) is 30.5 Å². The average Bonchev–Trinajstić information content (AvgIpc) is 2.41. The zero-order valence-electron chi connectivity index (χ0n) is 10.6. The van der Waals surface area contributed by atoms with Gasteiger partial charge in [-0.1, -0.05) is 11.6 Å². The Bertz CT molecular complexity index is 568. The van der Waals surface area contributed by atoms with Gasteiger partial charge in [-0.2, -0.15) is 0 Å². The molecule has 0 bridgehead atoms. The molecule has 0 saturated heterocycles. The third-order valence-electron chi connectivity index (χ3n) is 2.48. The molecule has 2 aromatic rings. The van der Waals surface area contributed by atoms with E-state index in [9.17, 15) is 0 Å². The largest absolute Gasteiger partial charge is 0.497 e. The standard InChI is InChI=1S/C13H14ClN3O2/c1-18-10-4-9(5-11(6-10)19-2)17-13-12(14)3-8(15)7-16-13/h3-7H,15H2,1-2H3,(H,16,17). The molecule has 100 valence electrons. The van der Waals surface area contributed by atoms with Crippen LogP contribution in [0.2, 0.25) is 5.02 Å². The van der Waals surface area contributed by atoms with Crippen LogP contribution in [0, 0.1) is 0 Å². The smallest absolute Gasteiger partial charge is 0.149 e. The molecule has 1 heterocycles. The third kappa shape index (κ3) is 3.20. The SMILES string of the molecule is COc1cc(Nc2ncc(N)cc2Cl)cc(OC)c1. The summed E-state index contributed by atoms with van der Waals surface area (Å²) in [6, 6.07) is 7.05. The summed E-state index contributed by atoms with van der Waals surface area (Å²) in [5.41, 5.74) is 6.87. The monoisotopic (exact) mass is 279 g/mol. The minimum Gasteiger partial charge on any atom is -0.497 e. The highest BCUT2D eigenvalue weighted by atomic mass is 35.5. The first-order valence-corrected chi connectivity index (χ1v) is 5.91. The molecule has 0 radical (unpaired) electrons. The van der Waals surface area contributed by atoms with Crippen molar-refractivity contribution in [2.45, 2.75) is 0 Å². The third-order valence-corrected chi connectivity index (χ3v) is 2.76. The molecule has 1 aromatic carbocycles. The van der Waals surface area contributed by atoms with E-state index >= 15 is 0 Å². The number of pyridine rings is 1. The minimum atomic E-state index is 0.446. The van der Waals surface area contributed by atoms with Crippen LogP contribution < -0.4 is 20.5 Å². The molecule has 0 aliphatic carbocycles. The fourth-order valence-electron chi connectivity index (χ4n) is 1.56. The van der Waals surface area contributed by atoms with Crippen LogP contribution in [0.3, 0.4) is 0 Å². The van der Waals surface area contributed by atoms with Crippen molar-refractivity contribution in [3.8, 4) is 11.5 Å². The molecule has 5 nitrogen and oxygen atoms in total. The molecule has 0 atom stereocenters. The molecule has 3 N–H and O–H groups in total. The van der Waals surface area contributed by atoms with Gasteiger partial charge in [-0.3, -0.25) is 0 Å². The van der Waals surface area contributed by atoms with E-state index in [-0.39, 0.29) is 0 Å². The van der Waals surface area contributed by atoms with E-state index in [2.05, 4.69) is 10.3 Å². The van der Waals surface area contributed by atoms with E-state index in [1.807, 2.05) is 12.1 Å². The lowest BCUT2D eigenvalue weighted by Crippen LogP contribution is -1.97. The summed E-state index contributed by atoms with van der Waals surface area (Å²) >= 11 is 6.06. The van der Waals surface area contributed by atoms with Gasteiger partial charge in [-0.05, 0) is 6.07 Å². The molecule has 6 heteroatoms. The van der Waals surface area contributed by atoms with Gasteiger partial charge in [-0.15, -0.1) is 0 Å². The molecular formula is C13H14ClN3O2. The molecule has 0 spiro atoms. The zero-order chi connectivity index (χ0) is 13.8. The van der Waals surface area contributed by atoms with Gasteiger partial charge in [0.1, 0.15) is 17.3 Å². The number of nitrogens with one attached hydrogen (secondary N) is 1. The van der Waals surface area contributed by atoms with E-state index < -0.39 is 0 Å². The van der Waals surface area contributed by atoms with Crippen LogP contribution in [0.5, 0.6) is 11.5 Å². The Labute approximate surface area is 116 Å². The lowest BCUT2D eigenvalue weighted by Gasteiger charge is -2.11. The van der Waals surface area contributed by atoms with Crippen molar-refractivity contribution in [1.29, 1.82) is 0 Å². The maximum absolute atomic E-state index is 6.06. The van der Waals surface area contributed by atoms with Crippen LogP contribution in [-0.2, 0) is 0 Å². The first-order valence-electron chi connectivity index (χ1n) is 5.53. The second kappa shape index (κ2) is 5.67. The van der Waals surface area contributed by atoms with Gasteiger partial charge in [0.25, 0.3) is 0 Å². The number of hydrogen-bond acceptors (Lipinski definition) is 5. The first-order chi connectivity index (χ1) is 9.12. The maximum atomic E-state index is 6.06. The van der Waals surface area contributed by atoms with Crippen LogP contribution in [0.1, 0.15) is 0 Å². The Balaban J connectivity index is 2.31. The van der Waals surface area contributed by atoms with Gasteiger partial charge in [0, 0.05) is 23.9 Å². The van der Waals surface area contributed by atoms with Gasteiger partial charge >= 0.3 is 0 Å². The number of methoxy groups -OCH3 is 2. The van der Waals surface area contributed by atoms with Gasteiger partial charge < -0.3 is 20.5 Å². The zero-order valence-corrected chi connectivity index (χ0v) is 11.4. The van der Waals surface area contributed by atoms with Crippen molar-refractivity contribution in [2.24, 2.45) is 0 Å². The molecule has 0 saturated carbocycles. The summed E-state index contributed by atoms with van der Waals surface area (Å²) in [5.74, 6) is 1.87. The summed E-state index contributed by atoms with van der Waals surface area (Å²) in [5, 5.41) is 3.54. The average molecular weight is 280 g/mol. The number of anilines is 3. The number of nitrogens with two attached hydrogens (primary N) is 1. The van der Waals surface area contributed by atoms with Crippen molar-refractivity contribution in [3.63, 3.8) is 0 Å². The first kappa shape index (κ1) is 13.3. The summed E-state index contributed by atoms with van der Waals surface area (Å²) in [7, 11) is 3.18. The van der Waals surface area contributed by atoms with Crippen LogP contribution in [0.25, 0.3) is 0 Å². The summed E-state index contributed by atoms with van der Waals surface area (Å²) in [6.07, 6.45) is 1.53. The maximum Gasteiger partial charge on any atom is 0.149 e. The highest BCUT2D eigenvalue weighted by Gasteiger charge is 2.06. The van der Waals surface area contributed by atoms with Crippen LogP contribution >= 0.6 is 11.6 Å². The molecule has 0 aliphatic rings. The van der Waals surface area contributed by atoms with Crippen LogP contribution in [-0.4, -0.2) is 19.2 Å². The fraction of sp³-hybridized carbons (Fsp3) is 0.154. The number of hydrogen-bond donors (Lipinski definition) is 2. The number of nitrogens with zero attached hydrogens (tertiary/aromatic N) is 1. The Morgan fingerprint density at radius 1 is 1.11 bits per heavy atom.